The third kappa shape index (κ3) is 1.48. The molecule has 0 saturated carbocycles. The molecule has 0 aliphatic carbocycles. The Kier molecular flexibility index (Phi) is 2.20. The van der Waals surface area contributed by atoms with Crippen molar-refractivity contribution in [2.45, 2.75) is 13.3 Å². The molecule has 2 rings (SSSR count). The Balaban J connectivity index is 2.47. The molecule has 2 aromatic rings. The van der Waals surface area contributed by atoms with Gasteiger partial charge in [0.1, 0.15) is 5.69 Å². The zero-order chi connectivity index (χ0) is 10.1. The van der Waals surface area contributed by atoms with E-state index < -0.39 is 0 Å². The smallest absolute Gasteiger partial charge is 0.284 e. The van der Waals surface area contributed by atoms with Gasteiger partial charge in [0.15, 0.2) is 0 Å². The molecule has 0 bridgehead atoms. The number of rotatable bonds is 2. The molecule has 74 valence electrons. The fourth-order valence-corrected chi connectivity index (χ4v) is 1.41. The van der Waals surface area contributed by atoms with Gasteiger partial charge in [0.05, 0.1) is 0 Å². The predicted molar refractivity (Wildman–Crippen MR) is 53.3 cm³/mol. The first-order chi connectivity index (χ1) is 6.70. The van der Waals surface area contributed by atoms with Gasteiger partial charge in [-0.2, -0.15) is 5.10 Å². The van der Waals surface area contributed by atoms with Crippen LogP contribution >= 0.6 is 12.2 Å². The summed E-state index contributed by atoms with van der Waals surface area (Å²) in [6.45, 7) is 2.07. The first-order valence-electron chi connectivity index (χ1n) is 4.29. The highest BCUT2D eigenvalue weighted by Crippen LogP contribution is 2.16. The molecule has 14 heavy (non-hydrogen) atoms. The summed E-state index contributed by atoms with van der Waals surface area (Å²) in [7, 11) is 1.89. The summed E-state index contributed by atoms with van der Waals surface area (Å²) in [6.07, 6.45) is 0.925. The quantitative estimate of drug-likeness (QED) is 0.766. The van der Waals surface area contributed by atoms with Crippen LogP contribution in [-0.2, 0) is 13.5 Å². The normalized spacial score (nSPS) is 10.7. The van der Waals surface area contributed by atoms with Crippen molar-refractivity contribution >= 4 is 12.2 Å². The zero-order valence-electron chi connectivity index (χ0n) is 7.94. The van der Waals surface area contributed by atoms with E-state index in [9.17, 15) is 0 Å². The minimum Gasteiger partial charge on any atom is -0.408 e. The van der Waals surface area contributed by atoms with Crippen molar-refractivity contribution in [3.05, 3.63) is 16.6 Å². The van der Waals surface area contributed by atoms with Crippen LogP contribution in [0.2, 0.25) is 0 Å². The standard InChI is InChI=1S/C8H10N4OS/c1-3-5-4-6(11-12(5)2)7-9-10-8(14)13-7/h4H,3H2,1-2H3,(H,10,14). The average molecular weight is 210 g/mol. The lowest BCUT2D eigenvalue weighted by Gasteiger charge is -1.92. The molecule has 0 amide bonds. The van der Waals surface area contributed by atoms with Crippen molar-refractivity contribution in [3.63, 3.8) is 0 Å². The number of hydrogen-bond acceptors (Lipinski definition) is 4. The highest BCUT2D eigenvalue weighted by molar-refractivity contribution is 7.71. The Labute approximate surface area is 85.8 Å². The van der Waals surface area contributed by atoms with E-state index in [1.54, 1.807) is 0 Å². The Morgan fingerprint density at radius 3 is 2.93 bits per heavy atom. The zero-order valence-corrected chi connectivity index (χ0v) is 8.76. The second kappa shape index (κ2) is 3.38. The van der Waals surface area contributed by atoms with Crippen LogP contribution in [0.15, 0.2) is 10.5 Å². The predicted octanol–water partition coefficient (Wildman–Crippen LogP) is 1.70. The number of aromatic nitrogens is 4. The molecule has 0 radical (unpaired) electrons. The number of nitrogens with zero attached hydrogens (tertiary/aromatic N) is 3. The van der Waals surface area contributed by atoms with E-state index in [0.29, 0.717) is 11.6 Å². The van der Waals surface area contributed by atoms with E-state index in [2.05, 4.69) is 22.2 Å². The van der Waals surface area contributed by atoms with E-state index in [1.807, 2.05) is 17.8 Å². The van der Waals surface area contributed by atoms with Crippen molar-refractivity contribution in [2.24, 2.45) is 7.05 Å². The van der Waals surface area contributed by atoms with E-state index in [0.717, 1.165) is 12.1 Å². The van der Waals surface area contributed by atoms with Crippen LogP contribution in [0.4, 0.5) is 0 Å². The van der Waals surface area contributed by atoms with Crippen LogP contribution in [0, 0.1) is 4.84 Å². The van der Waals surface area contributed by atoms with Gasteiger partial charge < -0.3 is 4.42 Å². The Morgan fingerprint density at radius 2 is 2.43 bits per heavy atom. The molecule has 0 fully saturated rings. The molecule has 5 nitrogen and oxygen atoms in total. The first kappa shape index (κ1) is 9.14. The van der Waals surface area contributed by atoms with Gasteiger partial charge in [0.2, 0.25) is 0 Å². The van der Waals surface area contributed by atoms with Crippen LogP contribution in [0.3, 0.4) is 0 Å². The summed E-state index contributed by atoms with van der Waals surface area (Å²) < 4.78 is 6.96. The summed E-state index contributed by atoms with van der Waals surface area (Å²) in [6, 6.07) is 1.94. The molecule has 0 aliphatic rings. The molecule has 0 spiro atoms. The van der Waals surface area contributed by atoms with Crippen molar-refractivity contribution in [1.29, 1.82) is 0 Å². The van der Waals surface area contributed by atoms with E-state index >= 15 is 0 Å². The van der Waals surface area contributed by atoms with Crippen molar-refractivity contribution < 1.29 is 4.42 Å². The van der Waals surface area contributed by atoms with Gasteiger partial charge in [-0.1, -0.05) is 6.92 Å². The summed E-state index contributed by atoms with van der Waals surface area (Å²) in [4.78, 5) is 0.267. The molecule has 0 aromatic carbocycles. The molecular formula is C8H10N4OS. The Hall–Kier alpha value is -1.43. The minimum atomic E-state index is 0.267. The number of hydrogen-bond donors (Lipinski definition) is 1. The van der Waals surface area contributed by atoms with Gasteiger partial charge in [-0.15, -0.1) is 5.10 Å². The molecule has 0 aliphatic heterocycles. The highest BCUT2D eigenvalue weighted by Gasteiger charge is 2.10. The number of H-pyrrole nitrogens is 1. The SMILES string of the molecule is CCc1cc(-c2n[nH]c(=S)o2)nn1C. The van der Waals surface area contributed by atoms with Gasteiger partial charge in [0, 0.05) is 12.7 Å². The largest absolute Gasteiger partial charge is 0.408 e. The lowest BCUT2D eigenvalue weighted by molar-refractivity contribution is 0.548. The lowest BCUT2D eigenvalue weighted by atomic mass is 10.3. The molecule has 0 unspecified atom stereocenters. The molecule has 6 heteroatoms. The number of aryl methyl sites for hydroxylation is 2. The van der Waals surface area contributed by atoms with Gasteiger partial charge in [-0.3, -0.25) is 4.68 Å². The van der Waals surface area contributed by atoms with E-state index in [1.165, 1.54) is 0 Å². The van der Waals surface area contributed by atoms with Crippen LogP contribution in [0.1, 0.15) is 12.6 Å². The Bertz CT molecular complexity index is 495. The van der Waals surface area contributed by atoms with Crippen molar-refractivity contribution in [3.8, 4) is 11.6 Å². The second-order valence-corrected chi connectivity index (χ2v) is 3.29. The van der Waals surface area contributed by atoms with Crippen molar-refractivity contribution in [2.75, 3.05) is 0 Å². The minimum absolute atomic E-state index is 0.267. The highest BCUT2D eigenvalue weighted by atomic mass is 32.1. The maximum atomic E-state index is 5.15. The van der Waals surface area contributed by atoms with Crippen LogP contribution in [-0.4, -0.2) is 20.0 Å². The van der Waals surface area contributed by atoms with E-state index in [4.69, 9.17) is 16.6 Å². The molecular weight excluding hydrogens is 200 g/mol. The maximum Gasteiger partial charge on any atom is 0.284 e. The first-order valence-corrected chi connectivity index (χ1v) is 4.70. The number of nitrogens with one attached hydrogen (secondary N) is 1. The van der Waals surface area contributed by atoms with E-state index in [-0.39, 0.29) is 4.84 Å². The fourth-order valence-electron chi connectivity index (χ4n) is 1.28. The van der Waals surface area contributed by atoms with Gasteiger partial charge in [0.25, 0.3) is 10.7 Å². The van der Waals surface area contributed by atoms with Crippen LogP contribution in [0.25, 0.3) is 11.6 Å². The summed E-state index contributed by atoms with van der Waals surface area (Å²) >= 11 is 4.78. The molecule has 0 atom stereocenters. The Morgan fingerprint density at radius 1 is 1.64 bits per heavy atom. The molecule has 2 heterocycles. The average Bonchev–Trinajstić information content (AvgIpc) is 2.71. The van der Waals surface area contributed by atoms with Crippen LogP contribution in [0.5, 0.6) is 0 Å². The van der Waals surface area contributed by atoms with Gasteiger partial charge in [-0.05, 0) is 24.7 Å². The lowest BCUT2D eigenvalue weighted by Crippen LogP contribution is -1.95. The summed E-state index contributed by atoms with van der Waals surface area (Å²) in [5.74, 6) is 0.435. The van der Waals surface area contributed by atoms with Crippen molar-refractivity contribution in [1.82, 2.24) is 20.0 Å². The fraction of sp³-hybridized carbons (Fsp3) is 0.375. The molecule has 0 saturated heterocycles. The third-order valence-corrected chi connectivity index (χ3v) is 2.17. The summed E-state index contributed by atoms with van der Waals surface area (Å²) in [5.41, 5.74) is 1.83. The second-order valence-electron chi connectivity index (χ2n) is 2.92. The monoisotopic (exact) mass is 210 g/mol. The summed E-state index contributed by atoms with van der Waals surface area (Å²) in [5, 5.41) is 10.7. The van der Waals surface area contributed by atoms with Gasteiger partial charge >= 0.3 is 0 Å². The molecule has 1 N–H and O–H groups in total. The third-order valence-electron chi connectivity index (χ3n) is 2.00. The maximum absolute atomic E-state index is 5.15. The van der Waals surface area contributed by atoms with Crippen LogP contribution < -0.4 is 0 Å². The molecule has 2 aromatic heterocycles. The number of aromatic amines is 1. The topological polar surface area (TPSA) is 59.6 Å². The van der Waals surface area contributed by atoms with Gasteiger partial charge in [-0.25, -0.2) is 5.10 Å².